The van der Waals surface area contributed by atoms with E-state index in [1.807, 2.05) is 12.1 Å². The molecular formula is C18H26N4O4. The minimum Gasteiger partial charge on any atom is -0.478 e. The summed E-state index contributed by atoms with van der Waals surface area (Å²) in [5.41, 5.74) is 1.07. The highest BCUT2D eigenvalue weighted by atomic mass is 16.5. The lowest BCUT2D eigenvalue weighted by Crippen LogP contribution is -2.55. The number of urea groups is 1. The number of ether oxygens (including phenoxy) is 1. The lowest BCUT2D eigenvalue weighted by molar-refractivity contribution is -0.157. The summed E-state index contributed by atoms with van der Waals surface area (Å²) in [4.78, 5) is 31.7. The van der Waals surface area contributed by atoms with E-state index in [2.05, 4.69) is 15.2 Å². The Morgan fingerprint density at radius 2 is 1.77 bits per heavy atom. The average Bonchev–Trinajstić information content (AvgIpc) is 2.69. The van der Waals surface area contributed by atoms with Crippen LogP contribution in [0.2, 0.25) is 0 Å². The van der Waals surface area contributed by atoms with E-state index in [1.54, 1.807) is 17.3 Å². The van der Waals surface area contributed by atoms with Crippen molar-refractivity contribution >= 4 is 17.7 Å². The number of rotatable bonds is 5. The maximum absolute atomic E-state index is 12.4. The van der Waals surface area contributed by atoms with Crippen LogP contribution >= 0.6 is 0 Å². The lowest BCUT2D eigenvalue weighted by atomic mass is 9.98. The highest BCUT2D eigenvalue weighted by molar-refractivity contribution is 5.81. The van der Waals surface area contributed by atoms with Gasteiger partial charge in [-0.2, -0.15) is 0 Å². The molecule has 1 saturated heterocycles. The number of amides is 2. The Hall–Kier alpha value is -2.35. The molecule has 1 atom stereocenters. The molecular weight excluding hydrogens is 336 g/mol. The molecule has 26 heavy (non-hydrogen) atoms. The van der Waals surface area contributed by atoms with Gasteiger partial charge in [-0.05, 0) is 25.0 Å². The van der Waals surface area contributed by atoms with E-state index in [4.69, 9.17) is 4.74 Å². The van der Waals surface area contributed by atoms with Gasteiger partial charge >= 0.3 is 12.0 Å². The van der Waals surface area contributed by atoms with Crippen LogP contribution in [-0.2, 0) is 9.53 Å². The number of piperazine rings is 1. The molecule has 2 fully saturated rings. The highest BCUT2D eigenvalue weighted by Gasteiger charge is 2.29. The van der Waals surface area contributed by atoms with Crippen molar-refractivity contribution < 1.29 is 19.4 Å². The van der Waals surface area contributed by atoms with Crippen molar-refractivity contribution in [2.24, 2.45) is 0 Å². The Labute approximate surface area is 153 Å². The van der Waals surface area contributed by atoms with Crippen molar-refractivity contribution in [3.05, 3.63) is 24.5 Å². The first-order chi connectivity index (χ1) is 12.6. The smallest absolute Gasteiger partial charge is 0.354 e. The zero-order chi connectivity index (χ0) is 18.4. The number of carboxylic acids is 1. The minimum atomic E-state index is -1.29. The molecule has 1 aromatic rings. The van der Waals surface area contributed by atoms with E-state index in [0.717, 1.165) is 37.8 Å². The highest BCUT2D eigenvalue weighted by Crippen LogP contribution is 2.21. The first-order valence-electron chi connectivity index (χ1n) is 9.22. The second-order valence-corrected chi connectivity index (χ2v) is 6.74. The van der Waals surface area contributed by atoms with Crippen LogP contribution in [0.15, 0.2) is 24.5 Å². The molecule has 2 amide bonds. The number of carbonyl (C=O) groups is 2. The molecule has 0 radical (unpaired) electrons. The zero-order valence-corrected chi connectivity index (χ0v) is 14.8. The third kappa shape index (κ3) is 4.85. The van der Waals surface area contributed by atoms with E-state index < -0.39 is 12.2 Å². The monoisotopic (exact) mass is 362 g/mol. The lowest BCUT2D eigenvalue weighted by Gasteiger charge is -2.36. The molecule has 2 aliphatic rings. The van der Waals surface area contributed by atoms with Crippen molar-refractivity contribution in [1.29, 1.82) is 0 Å². The second-order valence-electron chi connectivity index (χ2n) is 6.74. The summed E-state index contributed by atoms with van der Waals surface area (Å²) < 4.78 is 5.63. The Morgan fingerprint density at radius 1 is 1.12 bits per heavy atom. The predicted octanol–water partition coefficient (Wildman–Crippen LogP) is 1.67. The van der Waals surface area contributed by atoms with Gasteiger partial charge in [0.05, 0.1) is 6.10 Å². The first kappa shape index (κ1) is 18.4. The Morgan fingerprint density at radius 3 is 2.38 bits per heavy atom. The van der Waals surface area contributed by atoms with Crippen molar-refractivity contribution in [2.75, 3.05) is 31.1 Å². The molecule has 0 bridgehead atoms. The average molecular weight is 362 g/mol. The standard InChI is InChI=1S/C18H26N4O4/c23-17(24)16(26-15-4-2-1-3-5-15)20-18(25)22-12-10-21(11-13-22)14-6-8-19-9-7-14/h6-9,15-16H,1-5,10-13H2,(H,20,25)(H,23,24). The second kappa shape index (κ2) is 8.84. The van der Waals surface area contributed by atoms with E-state index in [1.165, 1.54) is 0 Å². The fourth-order valence-electron chi connectivity index (χ4n) is 3.47. The number of aliphatic carboxylic acids is 1. The van der Waals surface area contributed by atoms with Crippen molar-refractivity contribution in [3.63, 3.8) is 0 Å². The van der Waals surface area contributed by atoms with Gasteiger partial charge in [-0.1, -0.05) is 19.3 Å². The van der Waals surface area contributed by atoms with Gasteiger partial charge in [0.1, 0.15) is 0 Å². The summed E-state index contributed by atoms with van der Waals surface area (Å²) >= 11 is 0. The molecule has 1 unspecified atom stereocenters. The number of carbonyl (C=O) groups excluding carboxylic acids is 1. The van der Waals surface area contributed by atoms with Crippen LogP contribution in [0, 0.1) is 0 Å². The molecule has 3 rings (SSSR count). The predicted molar refractivity (Wildman–Crippen MR) is 95.9 cm³/mol. The molecule has 2 heterocycles. The van der Waals surface area contributed by atoms with Gasteiger partial charge in [-0.25, -0.2) is 9.59 Å². The summed E-state index contributed by atoms with van der Waals surface area (Å²) in [6.45, 7) is 2.45. The molecule has 0 aromatic carbocycles. The number of aromatic nitrogens is 1. The van der Waals surface area contributed by atoms with Gasteiger partial charge in [0, 0.05) is 44.3 Å². The molecule has 8 nitrogen and oxygen atoms in total. The van der Waals surface area contributed by atoms with Crippen molar-refractivity contribution in [2.45, 2.75) is 44.4 Å². The van der Waals surface area contributed by atoms with Crippen LogP contribution in [0.25, 0.3) is 0 Å². The van der Waals surface area contributed by atoms with E-state index in [-0.39, 0.29) is 12.1 Å². The van der Waals surface area contributed by atoms with Crippen LogP contribution in [-0.4, -0.2) is 65.5 Å². The molecule has 2 N–H and O–H groups in total. The van der Waals surface area contributed by atoms with Gasteiger partial charge in [0.2, 0.25) is 6.23 Å². The Balaban J connectivity index is 1.49. The van der Waals surface area contributed by atoms with Crippen LogP contribution in [0.5, 0.6) is 0 Å². The zero-order valence-electron chi connectivity index (χ0n) is 14.8. The van der Waals surface area contributed by atoms with Gasteiger partial charge < -0.3 is 25.0 Å². The summed E-state index contributed by atoms with van der Waals surface area (Å²) in [5.74, 6) is -1.15. The summed E-state index contributed by atoms with van der Waals surface area (Å²) in [6.07, 6.45) is 7.06. The number of anilines is 1. The molecule has 1 aromatic heterocycles. The van der Waals surface area contributed by atoms with Gasteiger partial charge in [-0.3, -0.25) is 4.98 Å². The molecule has 1 saturated carbocycles. The minimum absolute atomic E-state index is 0.0892. The summed E-state index contributed by atoms with van der Waals surface area (Å²) in [7, 11) is 0. The molecule has 1 aliphatic carbocycles. The normalized spacial score (nSPS) is 19.8. The number of carboxylic acid groups (broad SMARTS) is 1. The molecule has 1 aliphatic heterocycles. The third-order valence-corrected chi connectivity index (χ3v) is 4.95. The first-order valence-corrected chi connectivity index (χ1v) is 9.22. The Bertz CT molecular complexity index is 598. The maximum Gasteiger partial charge on any atom is 0.354 e. The maximum atomic E-state index is 12.4. The van der Waals surface area contributed by atoms with Gasteiger partial charge in [-0.15, -0.1) is 0 Å². The van der Waals surface area contributed by atoms with Crippen molar-refractivity contribution in [3.8, 4) is 0 Å². The van der Waals surface area contributed by atoms with E-state index in [9.17, 15) is 14.7 Å². The van der Waals surface area contributed by atoms with Crippen molar-refractivity contribution in [1.82, 2.24) is 15.2 Å². The largest absolute Gasteiger partial charge is 0.478 e. The number of nitrogens with zero attached hydrogens (tertiary/aromatic N) is 3. The third-order valence-electron chi connectivity index (χ3n) is 4.95. The molecule has 142 valence electrons. The summed E-state index contributed by atoms with van der Waals surface area (Å²) in [5, 5.41) is 11.9. The van der Waals surface area contributed by atoms with E-state index >= 15 is 0 Å². The quantitative estimate of drug-likeness (QED) is 0.774. The molecule has 8 heteroatoms. The van der Waals surface area contributed by atoms with Crippen LogP contribution in [0.4, 0.5) is 10.5 Å². The number of pyridine rings is 1. The number of hydrogen-bond acceptors (Lipinski definition) is 5. The van der Waals surface area contributed by atoms with Crippen LogP contribution < -0.4 is 10.2 Å². The summed E-state index contributed by atoms with van der Waals surface area (Å²) in [6, 6.07) is 3.49. The topological polar surface area (TPSA) is 95.0 Å². The van der Waals surface area contributed by atoms with Gasteiger partial charge in [0.15, 0.2) is 0 Å². The van der Waals surface area contributed by atoms with Crippen LogP contribution in [0.1, 0.15) is 32.1 Å². The van der Waals surface area contributed by atoms with E-state index in [0.29, 0.717) is 26.2 Å². The SMILES string of the molecule is O=C(O)C(NC(=O)N1CCN(c2ccncc2)CC1)OC1CCCCC1. The number of hydrogen-bond donors (Lipinski definition) is 2. The number of nitrogens with one attached hydrogen (secondary N) is 1. The fourth-order valence-corrected chi connectivity index (χ4v) is 3.47. The van der Waals surface area contributed by atoms with Gasteiger partial charge in [0.25, 0.3) is 0 Å². The van der Waals surface area contributed by atoms with Crippen LogP contribution in [0.3, 0.4) is 0 Å². The molecule has 0 spiro atoms. The Kier molecular flexibility index (Phi) is 6.27. The fraction of sp³-hybridized carbons (Fsp3) is 0.611.